The molecule has 1 heterocycles. The lowest BCUT2D eigenvalue weighted by atomic mass is 10.2. The summed E-state index contributed by atoms with van der Waals surface area (Å²) < 4.78 is 1.75. The highest BCUT2D eigenvalue weighted by Crippen LogP contribution is 2.12. The highest BCUT2D eigenvalue weighted by molar-refractivity contribution is 5.95. The molecule has 4 nitrogen and oxygen atoms in total. The number of aromatic nitrogens is 2. The fourth-order valence-electron chi connectivity index (χ4n) is 1.63. The summed E-state index contributed by atoms with van der Waals surface area (Å²) in [7, 11) is 0. The Bertz CT molecular complexity index is 540. The average Bonchev–Trinajstić information content (AvgIpc) is 2.60. The van der Waals surface area contributed by atoms with Gasteiger partial charge < -0.3 is 5.73 Å². The topological polar surface area (TPSA) is 67.7 Å². The minimum Gasteiger partial charge on any atom is -0.384 e. The van der Waals surface area contributed by atoms with Crippen molar-refractivity contribution in [1.29, 1.82) is 5.41 Å². The zero-order valence-electron chi connectivity index (χ0n) is 9.36. The largest absolute Gasteiger partial charge is 0.384 e. The maximum atomic E-state index is 7.42. The Balaban J connectivity index is 2.49. The van der Waals surface area contributed by atoms with E-state index in [2.05, 4.69) is 5.10 Å². The number of nitrogen functional groups attached to an aromatic ring is 1. The first-order valence-electron chi connectivity index (χ1n) is 5.05. The predicted octanol–water partition coefficient (Wildman–Crippen LogP) is 1.77. The van der Waals surface area contributed by atoms with Gasteiger partial charge >= 0.3 is 0 Å². The Hall–Kier alpha value is -2.10. The smallest absolute Gasteiger partial charge is 0.126 e. The van der Waals surface area contributed by atoms with Gasteiger partial charge in [-0.3, -0.25) is 5.41 Å². The Kier molecular flexibility index (Phi) is 2.48. The lowest BCUT2D eigenvalue weighted by Crippen LogP contribution is -2.11. The van der Waals surface area contributed by atoms with E-state index < -0.39 is 0 Å². The maximum Gasteiger partial charge on any atom is 0.126 e. The Morgan fingerprint density at radius 2 is 2.12 bits per heavy atom. The number of amidine groups is 1. The zero-order chi connectivity index (χ0) is 11.7. The van der Waals surface area contributed by atoms with Gasteiger partial charge in [-0.15, -0.1) is 0 Å². The van der Waals surface area contributed by atoms with Crippen LogP contribution in [0.1, 0.15) is 16.8 Å². The van der Waals surface area contributed by atoms with E-state index in [4.69, 9.17) is 11.1 Å². The van der Waals surface area contributed by atoms with Crippen LogP contribution in [0.15, 0.2) is 30.5 Å². The molecule has 3 N–H and O–H groups in total. The molecule has 0 saturated heterocycles. The minimum absolute atomic E-state index is 0.0522. The Morgan fingerprint density at radius 1 is 1.38 bits per heavy atom. The van der Waals surface area contributed by atoms with Gasteiger partial charge in [0.25, 0.3) is 0 Å². The molecule has 0 aliphatic carbocycles. The molecule has 0 saturated carbocycles. The summed E-state index contributed by atoms with van der Waals surface area (Å²) in [5.41, 5.74) is 9.08. The molecule has 0 atom stereocenters. The molecule has 82 valence electrons. The molecule has 0 fully saturated rings. The van der Waals surface area contributed by atoms with Crippen molar-refractivity contribution in [1.82, 2.24) is 9.78 Å². The summed E-state index contributed by atoms with van der Waals surface area (Å²) in [6.45, 7) is 3.88. The van der Waals surface area contributed by atoms with Gasteiger partial charge in [-0.25, -0.2) is 4.68 Å². The predicted molar refractivity (Wildman–Crippen MR) is 64.1 cm³/mol. The van der Waals surface area contributed by atoms with Crippen molar-refractivity contribution in [3.8, 4) is 5.69 Å². The van der Waals surface area contributed by atoms with Crippen molar-refractivity contribution >= 4 is 5.84 Å². The maximum absolute atomic E-state index is 7.42. The SMILES string of the molecule is Cc1cccc(-n2cc(C(=N)N)c(C)n2)c1. The lowest BCUT2D eigenvalue weighted by molar-refractivity contribution is 0.861. The third-order valence-corrected chi connectivity index (χ3v) is 2.46. The van der Waals surface area contributed by atoms with Crippen molar-refractivity contribution in [3.63, 3.8) is 0 Å². The van der Waals surface area contributed by atoms with Gasteiger partial charge in [0.15, 0.2) is 0 Å². The lowest BCUT2D eigenvalue weighted by Gasteiger charge is -2.01. The van der Waals surface area contributed by atoms with Crippen molar-refractivity contribution in [3.05, 3.63) is 47.3 Å². The molecular formula is C12H14N4. The van der Waals surface area contributed by atoms with Crippen LogP contribution >= 0.6 is 0 Å². The van der Waals surface area contributed by atoms with Gasteiger partial charge in [-0.1, -0.05) is 12.1 Å². The summed E-state index contributed by atoms with van der Waals surface area (Å²) in [5.74, 6) is 0.0522. The number of hydrogen-bond donors (Lipinski definition) is 2. The first kappa shape index (κ1) is 10.4. The van der Waals surface area contributed by atoms with E-state index >= 15 is 0 Å². The molecule has 0 amide bonds. The van der Waals surface area contributed by atoms with Crippen LogP contribution in [-0.2, 0) is 0 Å². The number of hydrogen-bond acceptors (Lipinski definition) is 2. The van der Waals surface area contributed by atoms with Gasteiger partial charge in [0.1, 0.15) is 5.84 Å². The first-order valence-corrected chi connectivity index (χ1v) is 5.05. The molecule has 16 heavy (non-hydrogen) atoms. The van der Waals surface area contributed by atoms with E-state index in [1.807, 2.05) is 38.1 Å². The van der Waals surface area contributed by atoms with Crippen molar-refractivity contribution in [2.45, 2.75) is 13.8 Å². The summed E-state index contributed by atoms with van der Waals surface area (Å²) in [4.78, 5) is 0. The van der Waals surface area contributed by atoms with Crippen LogP contribution in [0.3, 0.4) is 0 Å². The molecule has 0 bridgehead atoms. The number of nitrogens with one attached hydrogen (secondary N) is 1. The number of nitrogens with two attached hydrogens (primary N) is 1. The normalized spacial score (nSPS) is 10.4. The second kappa shape index (κ2) is 3.81. The number of benzene rings is 1. The molecule has 4 heteroatoms. The zero-order valence-corrected chi connectivity index (χ0v) is 9.36. The average molecular weight is 214 g/mol. The fourth-order valence-corrected chi connectivity index (χ4v) is 1.63. The van der Waals surface area contributed by atoms with Gasteiger partial charge in [-0.05, 0) is 31.5 Å². The monoisotopic (exact) mass is 214 g/mol. The van der Waals surface area contributed by atoms with Crippen LogP contribution in [-0.4, -0.2) is 15.6 Å². The van der Waals surface area contributed by atoms with E-state index in [1.165, 1.54) is 5.56 Å². The quantitative estimate of drug-likeness (QED) is 0.591. The molecule has 0 spiro atoms. The number of aryl methyl sites for hydroxylation is 2. The van der Waals surface area contributed by atoms with Crippen LogP contribution in [0.2, 0.25) is 0 Å². The van der Waals surface area contributed by atoms with Crippen molar-refractivity contribution in [2.75, 3.05) is 0 Å². The standard InChI is InChI=1S/C12H14N4/c1-8-4-3-5-10(6-8)16-7-11(12(13)14)9(2)15-16/h3-7H,1-2H3,(H3,13,14). The Labute approximate surface area is 94.2 Å². The summed E-state index contributed by atoms with van der Waals surface area (Å²) in [6, 6.07) is 8.03. The van der Waals surface area contributed by atoms with Crippen LogP contribution in [0.25, 0.3) is 5.69 Å². The van der Waals surface area contributed by atoms with E-state index in [0.717, 1.165) is 11.4 Å². The van der Waals surface area contributed by atoms with Crippen molar-refractivity contribution in [2.24, 2.45) is 5.73 Å². The second-order valence-corrected chi connectivity index (χ2v) is 3.83. The van der Waals surface area contributed by atoms with Gasteiger partial charge in [-0.2, -0.15) is 5.10 Å². The third-order valence-electron chi connectivity index (χ3n) is 2.46. The van der Waals surface area contributed by atoms with E-state index in [-0.39, 0.29) is 5.84 Å². The summed E-state index contributed by atoms with van der Waals surface area (Å²) >= 11 is 0. The van der Waals surface area contributed by atoms with Crippen LogP contribution in [0, 0.1) is 19.3 Å². The second-order valence-electron chi connectivity index (χ2n) is 3.83. The molecular weight excluding hydrogens is 200 g/mol. The molecule has 0 aliphatic heterocycles. The number of nitrogens with zero attached hydrogens (tertiary/aromatic N) is 2. The summed E-state index contributed by atoms with van der Waals surface area (Å²) in [5, 5.41) is 11.8. The highest BCUT2D eigenvalue weighted by atomic mass is 15.3. The fraction of sp³-hybridized carbons (Fsp3) is 0.167. The number of rotatable bonds is 2. The van der Waals surface area contributed by atoms with E-state index in [9.17, 15) is 0 Å². The van der Waals surface area contributed by atoms with Gasteiger partial charge in [0.2, 0.25) is 0 Å². The van der Waals surface area contributed by atoms with Gasteiger partial charge in [0, 0.05) is 6.20 Å². The van der Waals surface area contributed by atoms with Crippen LogP contribution in [0.5, 0.6) is 0 Å². The van der Waals surface area contributed by atoms with Crippen LogP contribution in [0.4, 0.5) is 0 Å². The molecule has 2 rings (SSSR count). The summed E-state index contributed by atoms with van der Waals surface area (Å²) in [6.07, 6.45) is 1.78. The van der Waals surface area contributed by atoms with E-state index in [0.29, 0.717) is 5.56 Å². The minimum atomic E-state index is 0.0522. The van der Waals surface area contributed by atoms with Crippen molar-refractivity contribution < 1.29 is 0 Å². The molecule has 0 radical (unpaired) electrons. The van der Waals surface area contributed by atoms with Gasteiger partial charge in [0.05, 0.1) is 16.9 Å². The molecule has 0 aliphatic rings. The van der Waals surface area contributed by atoms with E-state index in [1.54, 1.807) is 10.9 Å². The molecule has 2 aromatic rings. The Morgan fingerprint density at radius 3 is 2.69 bits per heavy atom. The van der Waals surface area contributed by atoms with Crippen LogP contribution < -0.4 is 5.73 Å². The molecule has 1 aromatic carbocycles. The highest BCUT2D eigenvalue weighted by Gasteiger charge is 2.08. The third kappa shape index (κ3) is 1.82. The molecule has 0 unspecified atom stereocenters. The molecule has 1 aromatic heterocycles. The first-order chi connectivity index (χ1) is 7.58.